The molecule has 1 aliphatic rings. The first-order valence-electron chi connectivity index (χ1n) is 11.1. The van der Waals surface area contributed by atoms with Crippen LogP contribution >= 0.6 is 0 Å². The zero-order valence-electron chi connectivity index (χ0n) is 18.7. The molecule has 5 rings (SSSR count). The van der Waals surface area contributed by atoms with Crippen molar-refractivity contribution < 1.29 is 18.4 Å². The van der Waals surface area contributed by atoms with E-state index in [9.17, 15) is 18.8 Å². The standard InChI is InChI=1S/C25H22FN5O4/c26-16-4-3-5-17(14-16)27-25(34)31-12-10-30(11-13-31)24(33)22-9-8-18(35-22)15-21-19-6-1-2-7-20(19)23(32)29-28-21/h1-9,14H,10-13,15H2,(H,27,34)(H,29,32). The molecule has 0 saturated carbocycles. The molecule has 3 amide bonds. The summed E-state index contributed by atoms with van der Waals surface area (Å²) in [6.45, 7) is 1.37. The van der Waals surface area contributed by atoms with Gasteiger partial charge in [-0.15, -0.1) is 0 Å². The van der Waals surface area contributed by atoms with E-state index in [4.69, 9.17) is 4.42 Å². The Kier molecular flexibility index (Phi) is 6.01. The molecule has 0 radical (unpaired) electrons. The van der Waals surface area contributed by atoms with Gasteiger partial charge in [0, 0.05) is 37.3 Å². The van der Waals surface area contributed by atoms with Crippen molar-refractivity contribution in [2.75, 3.05) is 31.5 Å². The molecule has 2 aromatic carbocycles. The summed E-state index contributed by atoms with van der Waals surface area (Å²) in [6.07, 6.45) is 0.318. The topological polar surface area (TPSA) is 112 Å². The number of amides is 3. The monoisotopic (exact) mass is 475 g/mol. The van der Waals surface area contributed by atoms with E-state index < -0.39 is 5.82 Å². The van der Waals surface area contributed by atoms with Crippen LogP contribution in [0, 0.1) is 5.82 Å². The molecule has 9 nitrogen and oxygen atoms in total. The highest BCUT2D eigenvalue weighted by molar-refractivity contribution is 5.92. The van der Waals surface area contributed by atoms with Gasteiger partial charge in [0.15, 0.2) is 5.76 Å². The number of aromatic amines is 1. The predicted octanol–water partition coefficient (Wildman–Crippen LogP) is 3.24. The third-order valence-corrected chi connectivity index (χ3v) is 5.92. The van der Waals surface area contributed by atoms with Crippen molar-refractivity contribution in [1.29, 1.82) is 0 Å². The highest BCUT2D eigenvalue weighted by atomic mass is 19.1. The second-order valence-electron chi connectivity index (χ2n) is 8.21. The molecule has 10 heteroatoms. The van der Waals surface area contributed by atoms with Gasteiger partial charge in [-0.05, 0) is 36.4 Å². The number of piperazine rings is 1. The van der Waals surface area contributed by atoms with Crippen LogP contribution in [0.5, 0.6) is 0 Å². The van der Waals surface area contributed by atoms with E-state index in [1.165, 1.54) is 18.2 Å². The molecule has 3 heterocycles. The lowest BCUT2D eigenvalue weighted by atomic mass is 10.1. The first kappa shape index (κ1) is 22.3. The summed E-state index contributed by atoms with van der Waals surface area (Å²) >= 11 is 0. The van der Waals surface area contributed by atoms with E-state index in [0.29, 0.717) is 55.1 Å². The number of anilines is 1. The minimum Gasteiger partial charge on any atom is -0.456 e. The van der Waals surface area contributed by atoms with E-state index in [0.717, 1.165) is 5.39 Å². The largest absolute Gasteiger partial charge is 0.456 e. The van der Waals surface area contributed by atoms with Crippen molar-refractivity contribution in [2.24, 2.45) is 0 Å². The van der Waals surface area contributed by atoms with Crippen molar-refractivity contribution in [3.05, 3.63) is 94.0 Å². The third-order valence-electron chi connectivity index (χ3n) is 5.92. The molecular weight excluding hydrogens is 453 g/mol. The maximum absolute atomic E-state index is 13.3. The molecule has 0 spiro atoms. The van der Waals surface area contributed by atoms with Crippen molar-refractivity contribution in [3.8, 4) is 0 Å². The lowest BCUT2D eigenvalue weighted by Gasteiger charge is -2.34. The molecule has 2 N–H and O–H groups in total. The Morgan fingerprint density at radius 2 is 1.71 bits per heavy atom. The van der Waals surface area contributed by atoms with Gasteiger partial charge in [-0.25, -0.2) is 14.3 Å². The Balaban J connectivity index is 1.20. The molecule has 4 aromatic rings. The van der Waals surface area contributed by atoms with Crippen LogP contribution in [0.4, 0.5) is 14.9 Å². The quantitative estimate of drug-likeness (QED) is 0.471. The fourth-order valence-corrected chi connectivity index (χ4v) is 4.10. The Morgan fingerprint density at radius 1 is 0.971 bits per heavy atom. The number of aromatic nitrogens is 2. The van der Waals surface area contributed by atoms with Crippen LogP contribution in [0.3, 0.4) is 0 Å². The lowest BCUT2D eigenvalue weighted by Crippen LogP contribution is -2.51. The fourth-order valence-electron chi connectivity index (χ4n) is 4.10. The smallest absolute Gasteiger partial charge is 0.321 e. The van der Waals surface area contributed by atoms with Crippen LogP contribution in [0.15, 0.2) is 69.9 Å². The summed E-state index contributed by atoms with van der Waals surface area (Å²) in [7, 11) is 0. The maximum Gasteiger partial charge on any atom is 0.321 e. The number of carbonyl (C=O) groups excluding carboxylic acids is 2. The van der Waals surface area contributed by atoms with Crippen molar-refractivity contribution in [3.63, 3.8) is 0 Å². The molecule has 0 aliphatic carbocycles. The van der Waals surface area contributed by atoms with Crippen LogP contribution in [-0.4, -0.2) is 58.1 Å². The normalized spacial score (nSPS) is 13.7. The van der Waals surface area contributed by atoms with E-state index in [1.807, 2.05) is 12.1 Å². The van der Waals surface area contributed by atoms with Gasteiger partial charge in [0.2, 0.25) is 0 Å². The van der Waals surface area contributed by atoms with Gasteiger partial charge in [0.1, 0.15) is 11.6 Å². The summed E-state index contributed by atoms with van der Waals surface area (Å²) in [5.41, 5.74) is 0.760. The second kappa shape index (κ2) is 9.41. The van der Waals surface area contributed by atoms with E-state index in [1.54, 1.807) is 40.1 Å². The molecule has 178 valence electrons. The number of rotatable bonds is 4. The van der Waals surface area contributed by atoms with Gasteiger partial charge in [-0.1, -0.05) is 24.3 Å². The van der Waals surface area contributed by atoms with Gasteiger partial charge in [-0.3, -0.25) is 9.59 Å². The van der Waals surface area contributed by atoms with Gasteiger partial charge >= 0.3 is 6.03 Å². The molecular formula is C25H22FN5O4. The highest BCUT2D eigenvalue weighted by Crippen LogP contribution is 2.19. The Labute approximate surface area is 199 Å². The Hall–Kier alpha value is -4.47. The molecule has 0 unspecified atom stereocenters. The van der Waals surface area contributed by atoms with Crippen molar-refractivity contribution >= 4 is 28.4 Å². The number of benzene rings is 2. The number of nitrogens with zero attached hydrogens (tertiary/aromatic N) is 3. The zero-order chi connectivity index (χ0) is 24.4. The molecule has 0 atom stereocenters. The van der Waals surface area contributed by atoms with Crippen LogP contribution in [0.25, 0.3) is 10.8 Å². The molecule has 1 aliphatic heterocycles. The fraction of sp³-hybridized carbons (Fsp3) is 0.200. The summed E-state index contributed by atoms with van der Waals surface area (Å²) < 4.78 is 19.1. The predicted molar refractivity (Wildman–Crippen MR) is 127 cm³/mol. The summed E-state index contributed by atoms with van der Waals surface area (Å²) in [6, 6.07) is 15.9. The zero-order valence-corrected chi connectivity index (χ0v) is 18.7. The number of H-pyrrole nitrogens is 1. The highest BCUT2D eigenvalue weighted by Gasteiger charge is 2.26. The summed E-state index contributed by atoms with van der Waals surface area (Å²) in [5, 5.41) is 10.6. The van der Waals surface area contributed by atoms with Gasteiger partial charge in [0.25, 0.3) is 11.5 Å². The maximum atomic E-state index is 13.3. The van der Waals surface area contributed by atoms with E-state index in [-0.39, 0.29) is 23.3 Å². The van der Waals surface area contributed by atoms with Crippen LogP contribution in [0.2, 0.25) is 0 Å². The number of nitrogens with one attached hydrogen (secondary N) is 2. The number of halogens is 1. The lowest BCUT2D eigenvalue weighted by molar-refractivity contribution is 0.0639. The molecule has 1 saturated heterocycles. The summed E-state index contributed by atoms with van der Waals surface area (Å²) in [4.78, 5) is 40.6. The number of carbonyl (C=O) groups is 2. The number of hydrogen-bond donors (Lipinski definition) is 2. The van der Waals surface area contributed by atoms with Crippen molar-refractivity contribution in [2.45, 2.75) is 6.42 Å². The average molecular weight is 475 g/mol. The number of fused-ring (bicyclic) bond motifs is 1. The molecule has 2 aromatic heterocycles. The van der Waals surface area contributed by atoms with Crippen LogP contribution in [0.1, 0.15) is 22.0 Å². The van der Waals surface area contributed by atoms with Gasteiger partial charge in [-0.2, -0.15) is 5.10 Å². The van der Waals surface area contributed by atoms with E-state index in [2.05, 4.69) is 15.5 Å². The Bertz CT molecular complexity index is 1460. The second-order valence-corrected chi connectivity index (χ2v) is 8.21. The van der Waals surface area contributed by atoms with E-state index >= 15 is 0 Å². The van der Waals surface area contributed by atoms with Crippen molar-refractivity contribution in [1.82, 2.24) is 20.0 Å². The van der Waals surface area contributed by atoms with Crippen LogP contribution in [-0.2, 0) is 6.42 Å². The third kappa shape index (κ3) is 4.77. The summed E-state index contributed by atoms with van der Waals surface area (Å²) in [5.74, 6) is 0.0545. The number of furan rings is 1. The number of hydrogen-bond acceptors (Lipinski definition) is 5. The number of urea groups is 1. The molecule has 35 heavy (non-hydrogen) atoms. The first-order chi connectivity index (χ1) is 17.0. The molecule has 0 bridgehead atoms. The van der Waals surface area contributed by atoms with Gasteiger partial charge < -0.3 is 19.5 Å². The minimum absolute atomic E-state index is 0.200. The Morgan fingerprint density at radius 3 is 2.49 bits per heavy atom. The van der Waals surface area contributed by atoms with Gasteiger partial charge in [0.05, 0.1) is 17.5 Å². The SMILES string of the molecule is O=C(Nc1cccc(F)c1)N1CCN(C(=O)c2ccc(Cc3n[nH]c(=O)c4ccccc34)o2)CC1. The first-order valence-corrected chi connectivity index (χ1v) is 11.1. The minimum atomic E-state index is -0.430. The molecule has 1 fully saturated rings. The average Bonchev–Trinajstić information content (AvgIpc) is 3.34. The van der Waals surface area contributed by atoms with Crippen LogP contribution < -0.4 is 10.9 Å².